The van der Waals surface area contributed by atoms with Crippen LogP contribution in [0.1, 0.15) is 22.3 Å². The molecular formula is C23H24F3IN4O. The molecule has 2 aromatic carbocycles. The molecular weight excluding hydrogens is 532 g/mol. The number of pyridine rings is 1. The molecule has 0 spiro atoms. The van der Waals surface area contributed by atoms with Crippen LogP contribution in [0.4, 0.5) is 13.2 Å². The Bertz CT molecular complexity index is 1080. The average Bonchev–Trinajstić information content (AvgIpc) is 2.76. The second kappa shape index (κ2) is 11.7. The van der Waals surface area contributed by atoms with Gasteiger partial charge in [0.25, 0.3) is 5.56 Å². The van der Waals surface area contributed by atoms with Crippen molar-refractivity contribution in [2.24, 2.45) is 4.99 Å². The van der Waals surface area contributed by atoms with Gasteiger partial charge in [0.05, 0.1) is 12.1 Å². The van der Waals surface area contributed by atoms with E-state index in [1.54, 1.807) is 23.9 Å². The van der Waals surface area contributed by atoms with Gasteiger partial charge in [0.15, 0.2) is 5.96 Å². The molecule has 3 aromatic rings. The van der Waals surface area contributed by atoms with Gasteiger partial charge in [0, 0.05) is 32.4 Å². The predicted molar refractivity (Wildman–Crippen MR) is 130 cm³/mol. The highest BCUT2D eigenvalue weighted by molar-refractivity contribution is 14.0. The topological polar surface area (TPSA) is 58.4 Å². The number of hydrogen-bond donors (Lipinski definition) is 2. The summed E-state index contributed by atoms with van der Waals surface area (Å²) < 4.78 is 39.6. The Balaban J connectivity index is 0.00000363. The van der Waals surface area contributed by atoms with Crippen LogP contribution in [0.5, 0.6) is 0 Å². The van der Waals surface area contributed by atoms with Crippen molar-refractivity contribution >= 4 is 29.9 Å². The van der Waals surface area contributed by atoms with Gasteiger partial charge < -0.3 is 15.2 Å². The molecule has 0 bridgehead atoms. The summed E-state index contributed by atoms with van der Waals surface area (Å²) in [4.78, 5) is 15.9. The van der Waals surface area contributed by atoms with Crippen LogP contribution in [-0.4, -0.2) is 17.6 Å². The van der Waals surface area contributed by atoms with Crippen molar-refractivity contribution in [3.05, 3.63) is 106 Å². The predicted octanol–water partition coefficient (Wildman–Crippen LogP) is 4.40. The average molecular weight is 556 g/mol. The maximum absolute atomic E-state index is 12.6. The van der Waals surface area contributed by atoms with Gasteiger partial charge in [-0.3, -0.25) is 9.79 Å². The SMILES string of the molecule is CN=C(NCc1ccc(Cn2ccccc2=O)cc1)NCc1ccc(C(F)(F)F)cc1.I. The van der Waals surface area contributed by atoms with E-state index in [4.69, 9.17) is 0 Å². The van der Waals surface area contributed by atoms with Crippen LogP contribution in [0.25, 0.3) is 0 Å². The lowest BCUT2D eigenvalue weighted by Crippen LogP contribution is -2.36. The zero-order valence-electron chi connectivity index (χ0n) is 17.4. The first-order valence-corrected chi connectivity index (χ1v) is 9.69. The quantitative estimate of drug-likeness (QED) is 0.269. The van der Waals surface area contributed by atoms with Crippen molar-refractivity contribution in [2.45, 2.75) is 25.8 Å². The van der Waals surface area contributed by atoms with Crippen molar-refractivity contribution < 1.29 is 13.2 Å². The minimum atomic E-state index is -4.34. The van der Waals surface area contributed by atoms with E-state index in [2.05, 4.69) is 15.6 Å². The highest BCUT2D eigenvalue weighted by Gasteiger charge is 2.29. The molecule has 0 aliphatic heterocycles. The number of nitrogens with zero attached hydrogens (tertiary/aromatic N) is 2. The maximum Gasteiger partial charge on any atom is 0.416 e. The fourth-order valence-corrected chi connectivity index (χ4v) is 2.95. The number of hydrogen-bond acceptors (Lipinski definition) is 2. The fourth-order valence-electron chi connectivity index (χ4n) is 2.95. The molecule has 1 heterocycles. The van der Waals surface area contributed by atoms with Crippen LogP contribution >= 0.6 is 24.0 Å². The van der Waals surface area contributed by atoms with Crippen LogP contribution in [-0.2, 0) is 25.8 Å². The van der Waals surface area contributed by atoms with Gasteiger partial charge in [0.1, 0.15) is 0 Å². The molecule has 5 nitrogen and oxygen atoms in total. The number of aliphatic imine (C=N–C) groups is 1. The van der Waals surface area contributed by atoms with Crippen molar-refractivity contribution in [1.82, 2.24) is 15.2 Å². The summed E-state index contributed by atoms with van der Waals surface area (Å²) in [6.07, 6.45) is -2.58. The Morgan fingerprint density at radius 2 is 1.41 bits per heavy atom. The minimum absolute atomic E-state index is 0. The van der Waals surface area contributed by atoms with Crippen molar-refractivity contribution in [3.63, 3.8) is 0 Å². The van der Waals surface area contributed by atoms with Crippen molar-refractivity contribution in [2.75, 3.05) is 7.05 Å². The molecule has 0 fully saturated rings. The van der Waals surface area contributed by atoms with Crippen LogP contribution < -0.4 is 16.2 Å². The summed E-state index contributed by atoms with van der Waals surface area (Å²) in [7, 11) is 1.63. The maximum atomic E-state index is 12.6. The Morgan fingerprint density at radius 1 is 0.875 bits per heavy atom. The fraction of sp³-hybridized carbons (Fsp3) is 0.217. The second-order valence-electron chi connectivity index (χ2n) is 6.96. The minimum Gasteiger partial charge on any atom is -0.352 e. The first kappa shape index (κ1) is 25.4. The Kier molecular flexibility index (Phi) is 9.30. The molecule has 9 heteroatoms. The van der Waals surface area contributed by atoms with Gasteiger partial charge in [-0.25, -0.2) is 0 Å². The number of nitrogens with one attached hydrogen (secondary N) is 2. The number of rotatable bonds is 6. The van der Waals surface area contributed by atoms with E-state index in [9.17, 15) is 18.0 Å². The third kappa shape index (κ3) is 7.40. The number of halogens is 4. The van der Waals surface area contributed by atoms with E-state index in [0.717, 1.165) is 28.8 Å². The third-order valence-electron chi connectivity index (χ3n) is 4.70. The molecule has 0 saturated carbocycles. The standard InChI is InChI=1S/C23H23F3N4O.HI/c1-27-22(29-15-18-9-11-20(12-10-18)23(24,25)26)28-14-17-5-7-19(8-6-17)16-30-13-3-2-4-21(30)31;/h2-13H,14-16H2,1H3,(H2,27,28,29);1H. The van der Waals surface area contributed by atoms with E-state index in [0.29, 0.717) is 25.6 Å². The molecule has 0 amide bonds. The zero-order chi connectivity index (χ0) is 22.3. The van der Waals surface area contributed by atoms with Crippen LogP contribution in [0.2, 0.25) is 0 Å². The lowest BCUT2D eigenvalue weighted by atomic mass is 10.1. The third-order valence-corrected chi connectivity index (χ3v) is 4.70. The molecule has 0 aliphatic carbocycles. The Hall–Kier alpha value is -2.82. The van der Waals surface area contributed by atoms with Crippen molar-refractivity contribution in [3.8, 4) is 0 Å². The van der Waals surface area contributed by atoms with Gasteiger partial charge in [-0.15, -0.1) is 24.0 Å². The lowest BCUT2D eigenvalue weighted by Gasteiger charge is -2.13. The Morgan fingerprint density at radius 3 is 1.91 bits per heavy atom. The van der Waals surface area contributed by atoms with Gasteiger partial charge in [-0.2, -0.15) is 13.2 Å². The van der Waals surface area contributed by atoms with E-state index in [1.807, 2.05) is 30.3 Å². The summed E-state index contributed by atoms with van der Waals surface area (Å²) in [5.41, 5.74) is 2.05. The molecule has 0 unspecified atom stereocenters. The molecule has 0 atom stereocenters. The van der Waals surface area contributed by atoms with Gasteiger partial charge in [0.2, 0.25) is 0 Å². The van der Waals surface area contributed by atoms with E-state index >= 15 is 0 Å². The molecule has 2 N–H and O–H groups in total. The highest BCUT2D eigenvalue weighted by Crippen LogP contribution is 2.29. The van der Waals surface area contributed by atoms with E-state index in [-0.39, 0.29) is 29.5 Å². The lowest BCUT2D eigenvalue weighted by molar-refractivity contribution is -0.137. The molecule has 3 rings (SSSR count). The smallest absolute Gasteiger partial charge is 0.352 e. The number of guanidine groups is 1. The van der Waals surface area contributed by atoms with Crippen molar-refractivity contribution in [1.29, 1.82) is 0 Å². The number of benzene rings is 2. The van der Waals surface area contributed by atoms with Crippen LogP contribution in [0.3, 0.4) is 0 Å². The highest BCUT2D eigenvalue weighted by atomic mass is 127. The molecule has 1 aromatic heterocycles. The summed E-state index contributed by atoms with van der Waals surface area (Å²) in [6.45, 7) is 1.38. The first-order chi connectivity index (χ1) is 14.8. The molecule has 0 saturated heterocycles. The van der Waals surface area contributed by atoms with Crippen LogP contribution in [0, 0.1) is 0 Å². The van der Waals surface area contributed by atoms with E-state index in [1.165, 1.54) is 18.2 Å². The summed E-state index contributed by atoms with van der Waals surface area (Å²) in [6, 6.07) is 18.0. The largest absolute Gasteiger partial charge is 0.416 e. The normalized spacial score (nSPS) is 11.6. The summed E-state index contributed by atoms with van der Waals surface area (Å²) in [5, 5.41) is 6.26. The van der Waals surface area contributed by atoms with Gasteiger partial charge in [-0.05, 0) is 34.9 Å². The monoisotopic (exact) mass is 556 g/mol. The van der Waals surface area contributed by atoms with Crippen LogP contribution in [0.15, 0.2) is 82.7 Å². The zero-order valence-corrected chi connectivity index (χ0v) is 19.7. The molecule has 170 valence electrons. The molecule has 32 heavy (non-hydrogen) atoms. The number of alkyl halides is 3. The number of aromatic nitrogens is 1. The van der Waals surface area contributed by atoms with E-state index < -0.39 is 11.7 Å². The molecule has 0 aliphatic rings. The molecule has 0 radical (unpaired) electrons. The summed E-state index contributed by atoms with van der Waals surface area (Å²) in [5.74, 6) is 0.541. The van der Waals surface area contributed by atoms with Gasteiger partial charge in [-0.1, -0.05) is 42.5 Å². The Labute approximate surface area is 201 Å². The summed E-state index contributed by atoms with van der Waals surface area (Å²) >= 11 is 0. The second-order valence-corrected chi connectivity index (χ2v) is 6.96. The first-order valence-electron chi connectivity index (χ1n) is 9.69. The van der Waals surface area contributed by atoms with Gasteiger partial charge >= 0.3 is 6.18 Å².